The summed E-state index contributed by atoms with van der Waals surface area (Å²) < 4.78 is 5.26. The Bertz CT molecular complexity index is 471. The third kappa shape index (κ3) is 2.82. The zero-order valence-electron chi connectivity index (χ0n) is 11.6. The molecule has 20 heavy (non-hydrogen) atoms. The van der Waals surface area contributed by atoms with E-state index in [0.717, 1.165) is 12.1 Å². The second kappa shape index (κ2) is 5.87. The molecule has 2 aliphatic heterocycles. The van der Waals surface area contributed by atoms with Crippen LogP contribution < -0.4 is 10.9 Å². The molecule has 1 aromatic rings. The van der Waals surface area contributed by atoms with E-state index < -0.39 is 0 Å². The lowest BCUT2D eigenvalue weighted by Crippen LogP contribution is -2.40. The second-order valence-corrected chi connectivity index (χ2v) is 5.35. The summed E-state index contributed by atoms with van der Waals surface area (Å²) in [7, 11) is 0. The van der Waals surface area contributed by atoms with Crippen LogP contribution in [0.4, 0.5) is 0 Å². The maximum Gasteiger partial charge on any atom is 0.255 e. The van der Waals surface area contributed by atoms with Gasteiger partial charge in [-0.05, 0) is 25.5 Å². The second-order valence-electron chi connectivity index (χ2n) is 5.35. The largest absolute Gasteiger partial charge is 0.378 e. The molecule has 1 amide bonds. The number of hydrogen-bond acceptors (Lipinski definition) is 5. The summed E-state index contributed by atoms with van der Waals surface area (Å²) in [5, 5.41) is 0. The number of carbonyl (C=O) groups excluding carboxylic acids is 1. The van der Waals surface area contributed by atoms with Gasteiger partial charge in [0.2, 0.25) is 0 Å². The molecule has 2 aliphatic rings. The van der Waals surface area contributed by atoms with Crippen LogP contribution in [0.1, 0.15) is 35.4 Å². The summed E-state index contributed by atoms with van der Waals surface area (Å²) in [5.41, 5.74) is 8.01. The molecule has 2 N–H and O–H groups in total. The first-order valence-corrected chi connectivity index (χ1v) is 7.08. The maximum atomic E-state index is 12.3. The first-order chi connectivity index (χ1) is 9.74. The number of rotatable bonds is 2. The molecule has 0 bridgehead atoms. The van der Waals surface area contributed by atoms with E-state index in [0.29, 0.717) is 37.9 Å². The summed E-state index contributed by atoms with van der Waals surface area (Å²) in [6.07, 6.45) is 2.68. The van der Waals surface area contributed by atoms with Crippen molar-refractivity contribution in [2.24, 2.45) is 0 Å². The van der Waals surface area contributed by atoms with E-state index >= 15 is 0 Å². The smallest absolute Gasteiger partial charge is 0.255 e. The average Bonchev–Trinajstić information content (AvgIpc) is 2.94. The fourth-order valence-corrected chi connectivity index (χ4v) is 2.60. The number of carbonyl (C=O) groups is 1. The zero-order chi connectivity index (χ0) is 13.9. The molecule has 6 heteroatoms. The van der Waals surface area contributed by atoms with Gasteiger partial charge in [0.05, 0.1) is 30.5 Å². The first-order valence-electron chi connectivity index (χ1n) is 7.08. The van der Waals surface area contributed by atoms with Crippen molar-refractivity contribution >= 4 is 5.91 Å². The molecule has 0 spiro atoms. The van der Waals surface area contributed by atoms with Gasteiger partial charge in [-0.2, -0.15) is 0 Å². The van der Waals surface area contributed by atoms with Crippen molar-refractivity contribution in [3.63, 3.8) is 0 Å². The van der Waals surface area contributed by atoms with Crippen LogP contribution in [0, 0.1) is 0 Å². The molecule has 2 saturated heterocycles. The highest BCUT2D eigenvalue weighted by molar-refractivity contribution is 5.94. The predicted octanol–water partition coefficient (Wildman–Crippen LogP) is 0.482. The topological polar surface area (TPSA) is 66.5 Å². The molecule has 0 aliphatic carbocycles. The van der Waals surface area contributed by atoms with E-state index in [1.807, 2.05) is 17.0 Å². The maximum absolute atomic E-state index is 12.3. The minimum atomic E-state index is 0.0400. The van der Waals surface area contributed by atoms with Gasteiger partial charge in [-0.3, -0.25) is 15.2 Å². The number of hydrogen-bond donors (Lipinski definition) is 2. The van der Waals surface area contributed by atoms with Gasteiger partial charge in [-0.1, -0.05) is 0 Å². The van der Waals surface area contributed by atoms with Gasteiger partial charge in [-0.15, -0.1) is 0 Å². The van der Waals surface area contributed by atoms with Crippen LogP contribution in [-0.2, 0) is 4.74 Å². The van der Waals surface area contributed by atoms with Crippen molar-refractivity contribution < 1.29 is 9.53 Å². The number of amides is 1. The number of morpholine rings is 1. The molecule has 108 valence electrons. The van der Waals surface area contributed by atoms with Crippen LogP contribution in [-0.4, -0.2) is 48.1 Å². The normalized spacial score (nSPS) is 26.8. The standard InChI is InChI=1S/C14H20N4O2/c1-10-8-13(17-16-10)12-3-2-11(9-15-12)14(19)18-4-6-20-7-5-18/h2-3,9-10,13,16-17H,4-8H2,1H3. The van der Waals surface area contributed by atoms with Crippen molar-refractivity contribution in [1.82, 2.24) is 20.7 Å². The van der Waals surface area contributed by atoms with Gasteiger partial charge < -0.3 is 9.64 Å². The summed E-state index contributed by atoms with van der Waals surface area (Å²) in [6.45, 7) is 4.68. The molecule has 0 saturated carbocycles. The van der Waals surface area contributed by atoms with E-state index in [1.165, 1.54) is 0 Å². The molecule has 2 unspecified atom stereocenters. The van der Waals surface area contributed by atoms with Crippen LogP contribution >= 0.6 is 0 Å². The monoisotopic (exact) mass is 276 g/mol. The van der Waals surface area contributed by atoms with Gasteiger partial charge in [0, 0.05) is 25.3 Å². The minimum Gasteiger partial charge on any atom is -0.378 e. The van der Waals surface area contributed by atoms with Crippen LogP contribution in [0.25, 0.3) is 0 Å². The molecule has 6 nitrogen and oxygen atoms in total. The Kier molecular flexibility index (Phi) is 3.95. The zero-order valence-corrected chi connectivity index (χ0v) is 11.6. The molecular weight excluding hydrogens is 256 g/mol. The van der Waals surface area contributed by atoms with Gasteiger partial charge in [-0.25, -0.2) is 5.43 Å². The number of ether oxygens (including phenoxy) is 1. The van der Waals surface area contributed by atoms with E-state index in [1.54, 1.807) is 6.20 Å². The van der Waals surface area contributed by atoms with Crippen LogP contribution in [0.2, 0.25) is 0 Å². The molecular formula is C14H20N4O2. The van der Waals surface area contributed by atoms with Gasteiger partial charge in [0.1, 0.15) is 0 Å². The summed E-state index contributed by atoms with van der Waals surface area (Å²) in [5.74, 6) is 0.0400. The van der Waals surface area contributed by atoms with E-state index in [2.05, 4.69) is 22.8 Å². The van der Waals surface area contributed by atoms with Gasteiger partial charge in [0.25, 0.3) is 5.91 Å². The fourth-order valence-electron chi connectivity index (χ4n) is 2.60. The number of pyridine rings is 1. The number of aromatic nitrogens is 1. The van der Waals surface area contributed by atoms with Gasteiger partial charge in [0.15, 0.2) is 0 Å². The van der Waals surface area contributed by atoms with Crippen LogP contribution in [0.3, 0.4) is 0 Å². The number of hydrazine groups is 1. The van der Waals surface area contributed by atoms with Crippen molar-refractivity contribution in [2.75, 3.05) is 26.3 Å². The highest BCUT2D eigenvalue weighted by Crippen LogP contribution is 2.20. The predicted molar refractivity (Wildman–Crippen MR) is 74.1 cm³/mol. The fraction of sp³-hybridized carbons (Fsp3) is 0.571. The van der Waals surface area contributed by atoms with E-state index in [4.69, 9.17) is 4.74 Å². The number of nitrogens with one attached hydrogen (secondary N) is 2. The Hall–Kier alpha value is -1.50. The van der Waals surface area contributed by atoms with Crippen LogP contribution in [0.15, 0.2) is 18.3 Å². The van der Waals surface area contributed by atoms with E-state index in [-0.39, 0.29) is 11.9 Å². The highest BCUT2D eigenvalue weighted by atomic mass is 16.5. The summed E-state index contributed by atoms with van der Waals surface area (Å²) in [4.78, 5) is 18.5. The third-order valence-electron chi connectivity index (χ3n) is 3.78. The lowest BCUT2D eigenvalue weighted by atomic mass is 10.1. The summed E-state index contributed by atoms with van der Waals surface area (Å²) >= 11 is 0. The quantitative estimate of drug-likeness (QED) is 0.822. The Morgan fingerprint density at radius 2 is 2.15 bits per heavy atom. The molecule has 3 rings (SSSR count). The van der Waals surface area contributed by atoms with Crippen molar-refractivity contribution in [1.29, 1.82) is 0 Å². The SMILES string of the molecule is CC1CC(c2ccc(C(=O)N3CCOCC3)cn2)NN1. The Morgan fingerprint density at radius 3 is 2.75 bits per heavy atom. The van der Waals surface area contributed by atoms with Crippen molar-refractivity contribution in [3.8, 4) is 0 Å². The Morgan fingerprint density at radius 1 is 1.35 bits per heavy atom. The summed E-state index contributed by atoms with van der Waals surface area (Å²) in [6, 6.07) is 4.46. The Labute approximate surface area is 118 Å². The minimum absolute atomic E-state index is 0.0400. The Balaban J connectivity index is 1.67. The number of nitrogens with zero attached hydrogens (tertiary/aromatic N) is 2. The molecule has 0 aromatic carbocycles. The first kappa shape index (κ1) is 13.5. The van der Waals surface area contributed by atoms with Crippen molar-refractivity contribution in [3.05, 3.63) is 29.6 Å². The lowest BCUT2D eigenvalue weighted by molar-refractivity contribution is 0.0302. The average molecular weight is 276 g/mol. The van der Waals surface area contributed by atoms with Gasteiger partial charge >= 0.3 is 0 Å². The molecule has 1 aromatic heterocycles. The molecule has 2 atom stereocenters. The highest BCUT2D eigenvalue weighted by Gasteiger charge is 2.23. The molecule has 2 fully saturated rings. The van der Waals surface area contributed by atoms with E-state index in [9.17, 15) is 4.79 Å². The van der Waals surface area contributed by atoms with Crippen LogP contribution in [0.5, 0.6) is 0 Å². The molecule has 3 heterocycles. The third-order valence-corrected chi connectivity index (χ3v) is 3.78. The lowest BCUT2D eigenvalue weighted by Gasteiger charge is -2.26. The molecule has 0 radical (unpaired) electrons. The van der Waals surface area contributed by atoms with Crippen molar-refractivity contribution in [2.45, 2.75) is 25.4 Å².